The predicted molar refractivity (Wildman–Crippen MR) is 106 cm³/mol. The van der Waals surface area contributed by atoms with Gasteiger partial charge in [-0.15, -0.1) is 0 Å². The predicted octanol–water partition coefficient (Wildman–Crippen LogP) is 4.78. The van der Waals surface area contributed by atoms with Gasteiger partial charge in [0.25, 0.3) is 0 Å². The van der Waals surface area contributed by atoms with Crippen LogP contribution in [0.3, 0.4) is 0 Å². The Morgan fingerprint density at radius 2 is 1.78 bits per heavy atom. The monoisotopic (exact) mass is 359 g/mol. The fraction of sp³-hybridized carbons (Fsp3) is 0.391. The molecule has 1 unspecified atom stereocenters. The van der Waals surface area contributed by atoms with Crippen molar-refractivity contribution in [3.05, 3.63) is 71.6 Å². The van der Waals surface area contributed by atoms with Crippen LogP contribution in [0.1, 0.15) is 48.1 Å². The summed E-state index contributed by atoms with van der Waals surface area (Å²) in [7, 11) is 2.26. The molecule has 2 aromatic carbocycles. The summed E-state index contributed by atoms with van der Waals surface area (Å²) in [6, 6.07) is 20.2. The lowest BCUT2D eigenvalue weighted by molar-refractivity contribution is 0.120. The van der Waals surface area contributed by atoms with Crippen LogP contribution >= 0.6 is 0 Å². The van der Waals surface area contributed by atoms with Crippen LogP contribution in [0.5, 0.6) is 0 Å². The van der Waals surface area contributed by atoms with Crippen molar-refractivity contribution in [2.24, 2.45) is 0 Å². The number of benzene rings is 2. The van der Waals surface area contributed by atoms with E-state index >= 15 is 0 Å². The Balaban J connectivity index is 1.54. The number of nitrogens with zero attached hydrogens (tertiary/aromatic N) is 3. The van der Waals surface area contributed by atoms with Crippen molar-refractivity contribution >= 4 is 0 Å². The van der Waals surface area contributed by atoms with Crippen LogP contribution in [0.15, 0.2) is 59.1 Å². The van der Waals surface area contributed by atoms with Crippen LogP contribution in [0.25, 0.3) is 11.4 Å². The minimum absolute atomic E-state index is 0.251. The van der Waals surface area contributed by atoms with Gasteiger partial charge in [0.05, 0.1) is 5.92 Å². The molecule has 3 aromatic rings. The smallest absolute Gasteiger partial charge is 0.232 e. The molecule has 3 heterocycles. The number of likely N-dealkylation sites (N-methyl/N-ethyl adjacent to an activating group) is 1. The molecule has 4 heteroatoms. The first-order valence-corrected chi connectivity index (χ1v) is 9.88. The molecule has 4 nitrogen and oxygen atoms in total. The summed E-state index contributed by atoms with van der Waals surface area (Å²) >= 11 is 0. The first-order valence-electron chi connectivity index (χ1n) is 9.88. The minimum Gasteiger partial charge on any atom is -0.339 e. The summed E-state index contributed by atoms with van der Waals surface area (Å²) in [6.07, 6.45) is 3.63. The van der Waals surface area contributed by atoms with Gasteiger partial charge in [-0.05, 0) is 44.7 Å². The molecule has 138 valence electrons. The summed E-state index contributed by atoms with van der Waals surface area (Å²) in [5.41, 5.74) is 3.71. The van der Waals surface area contributed by atoms with Gasteiger partial charge in [0.15, 0.2) is 0 Å². The molecule has 2 bridgehead atoms. The second kappa shape index (κ2) is 6.61. The topological polar surface area (TPSA) is 42.2 Å². The normalized spacial score (nSPS) is 27.8. The molecule has 0 amide bonds. The molecular formula is C23H25N3O. The molecule has 27 heavy (non-hydrogen) atoms. The van der Waals surface area contributed by atoms with Crippen LogP contribution < -0.4 is 0 Å². The number of fused-ring (bicyclic) bond motifs is 2. The molecule has 2 aliphatic heterocycles. The maximum Gasteiger partial charge on any atom is 0.232 e. The van der Waals surface area contributed by atoms with Gasteiger partial charge in [0.2, 0.25) is 11.7 Å². The minimum atomic E-state index is 0.251. The third-order valence-electron chi connectivity index (χ3n) is 6.53. The lowest BCUT2D eigenvalue weighted by Gasteiger charge is -2.41. The van der Waals surface area contributed by atoms with E-state index in [1.165, 1.54) is 24.0 Å². The van der Waals surface area contributed by atoms with E-state index in [4.69, 9.17) is 9.51 Å². The Bertz CT molecular complexity index is 918. The van der Waals surface area contributed by atoms with Gasteiger partial charge >= 0.3 is 0 Å². The summed E-state index contributed by atoms with van der Waals surface area (Å²) in [6.45, 7) is 2.14. The van der Waals surface area contributed by atoms with Crippen molar-refractivity contribution in [3.63, 3.8) is 0 Å². The standard InChI is InChI=1S/C23H25N3O/c1-15-8-10-16(11-9-15)19-14-18-12-13-20(26(18)2)21(19)23-24-22(25-27-23)17-6-4-3-5-7-17/h3-11,18-21H,12-14H2,1-2H3/t18?,19-,20-,21-/m1/s1. The molecule has 0 aliphatic carbocycles. The van der Waals surface area contributed by atoms with Crippen LogP contribution in [0, 0.1) is 6.92 Å². The van der Waals surface area contributed by atoms with Crippen molar-refractivity contribution < 1.29 is 4.52 Å². The maximum absolute atomic E-state index is 5.85. The zero-order chi connectivity index (χ0) is 18.4. The first kappa shape index (κ1) is 16.7. The molecule has 0 saturated carbocycles. The highest BCUT2D eigenvalue weighted by Gasteiger charge is 2.48. The highest BCUT2D eigenvalue weighted by Crippen LogP contribution is 2.50. The van der Waals surface area contributed by atoms with Gasteiger partial charge < -0.3 is 4.52 Å². The molecule has 2 fully saturated rings. The Hall–Kier alpha value is -2.46. The summed E-state index contributed by atoms with van der Waals surface area (Å²) < 4.78 is 5.85. The average molecular weight is 359 g/mol. The van der Waals surface area contributed by atoms with Crippen LogP contribution in [-0.2, 0) is 0 Å². The number of hydrogen-bond acceptors (Lipinski definition) is 4. The van der Waals surface area contributed by atoms with Gasteiger partial charge in [-0.25, -0.2) is 0 Å². The Morgan fingerprint density at radius 1 is 1.00 bits per heavy atom. The van der Waals surface area contributed by atoms with Crippen LogP contribution in [0.4, 0.5) is 0 Å². The summed E-state index contributed by atoms with van der Waals surface area (Å²) in [5, 5.41) is 4.31. The lowest BCUT2D eigenvalue weighted by atomic mass is 9.76. The molecule has 1 aromatic heterocycles. The quantitative estimate of drug-likeness (QED) is 0.675. The first-order chi connectivity index (χ1) is 13.2. The number of aryl methyl sites for hydroxylation is 1. The van der Waals surface area contributed by atoms with Gasteiger partial charge in [-0.1, -0.05) is 65.3 Å². The molecular weight excluding hydrogens is 334 g/mol. The van der Waals surface area contributed by atoms with Crippen molar-refractivity contribution in [1.29, 1.82) is 0 Å². The molecule has 2 aliphatic rings. The fourth-order valence-electron chi connectivity index (χ4n) is 5.03. The van der Waals surface area contributed by atoms with Gasteiger partial charge in [0, 0.05) is 17.6 Å². The van der Waals surface area contributed by atoms with Crippen LogP contribution in [-0.4, -0.2) is 34.2 Å². The van der Waals surface area contributed by atoms with Crippen molar-refractivity contribution in [2.75, 3.05) is 7.05 Å². The maximum atomic E-state index is 5.85. The molecule has 0 N–H and O–H groups in total. The third kappa shape index (κ3) is 2.88. The molecule has 0 spiro atoms. The van der Waals surface area contributed by atoms with E-state index in [-0.39, 0.29) is 5.92 Å². The van der Waals surface area contributed by atoms with E-state index in [9.17, 15) is 0 Å². The van der Waals surface area contributed by atoms with E-state index in [0.29, 0.717) is 23.8 Å². The Labute approximate surface area is 160 Å². The third-order valence-corrected chi connectivity index (χ3v) is 6.53. The van der Waals surface area contributed by atoms with Crippen molar-refractivity contribution in [3.8, 4) is 11.4 Å². The van der Waals surface area contributed by atoms with Crippen molar-refractivity contribution in [2.45, 2.75) is 50.1 Å². The second-order valence-corrected chi connectivity index (χ2v) is 8.06. The highest BCUT2D eigenvalue weighted by atomic mass is 16.5. The number of aromatic nitrogens is 2. The van der Waals surface area contributed by atoms with E-state index < -0.39 is 0 Å². The van der Waals surface area contributed by atoms with E-state index in [1.807, 2.05) is 30.3 Å². The zero-order valence-corrected chi connectivity index (χ0v) is 15.9. The fourth-order valence-corrected chi connectivity index (χ4v) is 5.03. The largest absolute Gasteiger partial charge is 0.339 e. The summed E-state index contributed by atoms with van der Waals surface area (Å²) in [5.74, 6) is 2.16. The van der Waals surface area contributed by atoms with E-state index in [1.54, 1.807) is 0 Å². The molecule has 4 atom stereocenters. The van der Waals surface area contributed by atoms with Crippen LogP contribution in [0.2, 0.25) is 0 Å². The Kier molecular flexibility index (Phi) is 4.09. The van der Waals surface area contributed by atoms with Crippen molar-refractivity contribution in [1.82, 2.24) is 15.0 Å². The number of piperidine rings is 1. The van der Waals surface area contributed by atoms with Gasteiger partial charge in [0.1, 0.15) is 0 Å². The molecule has 0 radical (unpaired) electrons. The Morgan fingerprint density at radius 3 is 2.56 bits per heavy atom. The highest BCUT2D eigenvalue weighted by molar-refractivity contribution is 5.53. The van der Waals surface area contributed by atoms with Gasteiger partial charge in [-0.3, -0.25) is 4.90 Å². The SMILES string of the molecule is Cc1ccc([C@H]2CC3CC[C@H]([C@@H]2c2nc(-c4ccccc4)no2)N3C)cc1. The average Bonchev–Trinajstić information content (AvgIpc) is 3.26. The molecule has 5 rings (SSSR count). The number of rotatable bonds is 3. The molecule has 2 saturated heterocycles. The number of hydrogen-bond donors (Lipinski definition) is 0. The second-order valence-electron chi connectivity index (χ2n) is 8.06. The van der Waals surface area contributed by atoms with E-state index in [2.05, 4.69) is 48.3 Å². The zero-order valence-electron chi connectivity index (χ0n) is 15.9. The van der Waals surface area contributed by atoms with E-state index in [0.717, 1.165) is 17.9 Å². The lowest BCUT2D eigenvalue weighted by Crippen LogP contribution is -2.44. The van der Waals surface area contributed by atoms with Gasteiger partial charge in [-0.2, -0.15) is 4.98 Å². The summed E-state index contributed by atoms with van der Waals surface area (Å²) in [4.78, 5) is 7.39.